The van der Waals surface area contributed by atoms with Crippen LogP contribution >= 0.6 is 0 Å². The van der Waals surface area contributed by atoms with Crippen molar-refractivity contribution in [3.05, 3.63) is 59.5 Å². The highest BCUT2D eigenvalue weighted by Gasteiger charge is 2.35. The highest BCUT2D eigenvalue weighted by molar-refractivity contribution is 7.89. The lowest BCUT2D eigenvalue weighted by atomic mass is 10.0. The van der Waals surface area contributed by atoms with Gasteiger partial charge in [-0.3, -0.25) is 14.4 Å². The molecule has 3 heterocycles. The summed E-state index contributed by atoms with van der Waals surface area (Å²) in [6.07, 6.45) is 2.40. The number of carbonyl (C=O) groups is 3. The number of furan rings is 1. The fourth-order valence-corrected chi connectivity index (χ4v) is 6.39. The summed E-state index contributed by atoms with van der Waals surface area (Å²) in [6, 6.07) is 8.82. The van der Waals surface area contributed by atoms with Gasteiger partial charge in [0.2, 0.25) is 5.91 Å². The van der Waals surface area contributed by atoms with Crippen molar-refractivity contribution in [2.45, 2.75) is 64.1 Å². The Morgan fingerprint density at radius 3 is 2.59 bits per heavy atom. The highest BCUT2D eigenvalue weighted by atomic mass is 32.2. The second kappa shape index (κ2) is 11.7. The van der Waals surface area contributed by atoms with Gasteiger partial charge in [-0.2, -0.15) is 4.31 Å². The van der Waals surface area contributed by atoms with Crippen molar-refractivity contribution < 1.29 is 27.2 Å². The first kappa shape index (κ1) is 28.4. The van der Waals surface area contributed by atoms with Crippen LogP contribution in [0, 0.1) is 19.8 Å². The van der Waals surface area contributed by atoms with Gasteiger partial charge in [-0.1, -0.05) is 38.1 Å². The van der Waals surface area contributed by atoms with E-state index in [9.17, 15) is 22.8 Å². The number of benzene rings is 1. The molecule has 208 valence electrons. The maximum absolute atomic E-state index is 13.3. The molecule has 0 spiro atoms. The number of nitrogens with one attached hydrogen (secondary N) is 2. The quantitative estimate of drug-likeness (QED) is 0.436. The summed E-state index contributed by atoms with van der Waals surface area (Å²) in [5, 5.41) is 6.27. The molecule has 1 aliphatic heterocycles. The molecule has 2 aromatic heterocycles. The fourth-order valence-electron chi connectivity index (χ4n) is 4.81. The Bertz CT molecular complexity index is 1500. The summed E-state index contributed by atoms with van der Waals surface area (Å²) in [7, 11) is -3.97. The SMILES string of the molecule is Cc1cccnc1S(=O)(=O)N1CCCC(NC(=O)[C@H](CC(C)C)NC(=O)c2oc3ccccc3c2C)C(=O)C1. The Balaban J connectivity index is 1.47. The largest absolute Gasteiger partial charge is 0.451 e. The monoisotopic (exact) mass is 554 g/mol. The molecule has 0 radical (unpaired) electrons. The number of aryl methyl sites for hydroxylation is 2. The van der Waals surface area contributed by atoms with E-state index < -0.39 is 39.7 Å². The van der Waals surface area contributed by atoms with Gasteiger partial charge in [0, 0.05) is 23.7 Å². The Morgan fingerprint density at radius 2 is 1.90 bits per heavy atom. The highest BCUT2D eigenvalue weighted by Crippen LogP contribution is 2.25. The van der Waals surface area contributed by atoms with Crippen molar-refractivity contribution >= 4 is 38.6 Å². The summed E-state index contributed by atoms with van der Waals surface area (Å²) in [5.41, 5.74) is 1.75. The molecule has 39 heavy (non-hydrogen) atoms. The van der Waals surface area contributed by atoms with Gasteiger partial charge in [0.15, 0.2) is 16.6 Å². The summed E-state index contributed by atoms with van der Waals surface area (Å²) in [5.74, 6) is -1.22. The van der Waals surface area contributed by atoms with Crippen molar-refractivity contribution in [1.29, 1.82) is 0 Å². The zero-order valence-electron chi connectivity index (χ0n) is 22.6. The third kappa shape index (κ3) is 6.20. The number of fused-ring (bicyclic) bond motifs is 1. The van der Waals surface area contributed by atoms with E-state index in [4.69, 9.17) is 4.42 Å². The summed E-state index contributed by atoms with van der Waals surface area (Å²) >= 11 is 0. The van der Waals surface area contributed by atoms with E-state index in [0.29, 0.717) is 29.6 Å². The number of hydrogen-bond donors (Lipinski definition) is 2. The lowest BCUT2D eigenvalue weighted by Gasteiger charge is -2.23. The van der Waals surface area contributed by atoms with Crippen LogP contribution in [0.4, 0.5) is 0 Å². The second-order valence-electron chi connectivity index (χ2n) is 10.3. The van der Waals surface area contributed by atoms with Gasteiger partial charge < -0.3 is 15.1 Å². The Morgan fingerprint density at radius 1 is 1.15 bits per heavy atom. The van der Waals surface area contributed by atoms with Crippen LogP contribution in [0.3, 0.4) is 0 Å². The zero-order chi connectivity index (χ0) is 28.3. The summed E-state index contributed by atoms with van der Waals surface area (Å²) in [6.45, 7) is 7.06. The van der Waals surface area contributed by atoms with Gasteiger partial charge in [0.05, 0.1) is 12.6 Å². The summed E-state index contributed by atoms with van der Waals surface area (Å²) < 4.78 is 33.2. The number of aromatic nitrogens is 1. The normalized spacial score (nSPS) is 17.7. The van der Waals surface area contributed by atoms with E-state index in [0.717, 1.165) is 9.69 Å². The first-order chi connectivity index (χ1) is 18.5. The van der Waals surface area contributed by atoms with Gasteiger partial charge in [0.1, 0.15) is 11.6 Å². The standard InChI is InChI=1S/C28H34N4O6S/c1-17(2)15-22(31-27(35)25-19(4)20-10-5-6-12-24(20)38-25)26(34)30-21-11-8-14-32(16-23(21)33)39(36,37)28-18(3)9-7-13-29-28/h5-7,9-10,12-13,17,21-22H,8,11,14-16H2,1-4H3,(H,30,34)(H,31,35)/t21?,22-/m0/s1. The molecule has 2 atom stereocenters. The molecule has 2 N–H and O–H groups in total. The molecule has 1 unspecified atom stereocenters. The van der Waals surface area contributed by atoms with Crippen molar-refractivity contribution in [3.63, 3.8) is 0 Å². The number of amides is 2. The minimum absolute atomic E-state index is 0.0740. The van der Waals surface area contributed by atoms with Crippen molar-refractivity contribution in [3.8, 4) is 0 Å². The molecule has 1 aliphatic rings. The molecule has 4 rings (SSSR count). The van der Waals surface area contributed by atoms with E-state index in [-0.39, 0.29) is 36.2 Å². The predicted octanol–water partition coefficient (Wildman–Crippen LogP) is 3.13. The molecular weight excluding hydrogens is 520 g/mol. The molecule has 2 amide bonds. The molecule has 0 saturated carbocycles. The predicted molar refractivity (Wildman–Crippen MR) is 146 cm³/mol. The average molecular weight is 555 g/mol. The van der Waals surface area contributed by atoms with Crippen LogP contribution in [0.15, 0.2) is 52.0 Å². The van der Waals surface area contributed by atoms with E-state index >= 15 is 0 Å². The maximum atomic E-state index is 13.3. The molecule has 11 heteroatoms. The molecule has 1 saturated heterocycles. The van der Waals surface area contributed by atoms with Gasteiger partial charge in [-0.25, -0.2) is 13.4 Å². The van der Waals surface area contributed by atoms with Gasteiger partial charge in [-0.05, 0) is 56.7 Å². The zero-order valence-corrected chi connectivity index (χ0v) is 23.4. The number of carbonyl (C=O) groups excluding carboxylic acids is 3. The van der Waals surface area contributed by atoms with Crippen LogP contribution in [0.25, 0.3) is 11.0 Å². The Hall–Kier alpha value is -3.57. The number of para-hydroxylation sites is 1. The Kier molecular flexibility index (Phi) is 8.51. The topological polar surface area (TPSA) is 139 Å². The number of Topliss-reactive ketones (excluding diaryl/α,β-unsaturated/α-hetero) is 1. The van der Waals surface area contributed by atoms with Gasteiger partial charge >= 0.3 is 0 Å². The number of nitrogens with zero attached hydrogens (tertiary/aromatic N) is 2. The molecule has 1 aromatic carbocycles. The van der Waals surface area contributed by atoms with Crippen molar-refractivity contribution in [2.75, 3.05) is 13.1 Å². The average Bonchev–Trinajstić information content (AvgIpc) is 3.11. The second-order valence-corrected chi connectivity index (χ2v) is 12.2. The lowest BCUT2D eigenvalue weighted by Crippen LogP contribution is -2.52. The number of hydrogen-bond acceptors (Lipinski definition) is 7. The molecule has 10 nitrogen and oxygen atoms in total. The van der Waals surface area contributed by atoms with E-state index in [1.165, 1.54) is 6.20 Å². The van der Waals surface area contributed by atoms with Crippen LogP contribution in [0.2, 0.25) is 0 Å². The minimum atomic E-state index is -3.97. The molecule has 0 aliphatic carbocycles. The van der Waals surface area contributed by atoms with Gasteiger partial charge in [-0.15, -0.1) is 0 Å². The van der Waals surface area contributed by atoms with E-state index in [2.05, 4.69) is 15.6 Å². The van der Waals surface area contributed by atoms with E-state index in [1.54, 1.807) is 32.0 Å². The first-order valence-electron chi connectivity index (χ1n) is 13.0. The first-order valence-corrected chi connectivity index (χ1v) is 14.5. The van der Waals surface area contributed by atoms with Crippen molar-refractivity contribution in [1.82, 2.24) is 19.9 Å². The third-order valence-corrected chi connectivity index (χ3v) is 8.77. The number of sulfonamides is 1. The molecule has 3 aromatic rings. The van der Waals surface area contributed by atoms with Crippen LogP contribution in [-0.4, -0.2) is 60.5 Å². The van der Waals surface area contributed by atoms with Crippen LogP contribution in [-0.2, 0) is 19.6 Å². The number of pyridine rings is 1. The molecule has 1 fully saturated rings. The molecule has 0 bridgehead atoms. The minimum Gasteiger partial charge on any atom is -0.451 e. The fraction of sp³-hybridized carbons (Fsp3) is 0.429. The third-order valence-electron chi connectivity index (χ3n) is 6.86. The lowest BCUT2D eigenvalue weighted by molar-refractivity contribution is -0.129. The van der Waals surface area contributed by atoms with E-state index in [1.807, 2.05) is 32.0 Å². The number of ketones is 1. The molecular formula is C28H34N4O6S. The van der Waals surface area contributed by atoms with Gasteiger partial charge in [0.25, 0.3) is 15.9 Å². The van der Waals surface area contributed by atoms with Crippen molar-refractivity contribution in [2.24, 2.45) is 5.92 Å². The number of rotatable bonds is 8. The van der Waals surface area contributed by atoms with Crippen LogP contribution < -0.4 is 10.6 Å². The summed E-state index contributed by atoms with van der Waals surface area (Å²) in [4.78, 5) is 43.6. The van der Waals surface area contributed by atoms with Crippen LogP contribution in [0.5, 0.6) is 0 Å². The Labute approximate surface area is 228 Å². The van der Waals surface area contributed by atoms with Crippen LogP contribution in [0.1, 0.15) is 54.8 Å². The maximum Gasteiger partial charge on any atom is 0.287 e. The smallest absolute Gasteiger partial charge is 0.287 e.